The van der Waals surface area contributed by atoms with E-state index in [2.05, 4.69) is 20.9 Å². The summed E-state index contributed by atoms with van der Waals surface area (Å²) in [7, 11) is 0. The number of hydrogen-bond acceptors (Lipinski definition) is 4. The topological polar surface area (TPSA) is 45.4 Å². The standard InChI is InChI=1S/C15H24N4/c16-11-13-5-6-15(12-17-13)19-9-7-18(8-10-19)14-3-1-2-4-14/h5-6,12,14H,1-4,7-11,16H2. The molecule has 2 heterocycles. The van der Waals surface area contributed by atoms with Crippen LogP contribution >= 0.6 is 0 Å². The normalized spacial score (nSPS) is 22.1. The van der Waals surface area contributed by atoms with E-state index in [0.717, 1.165) is 24.8 Å². The zero-order chi connectivity index (χ0) is 13.1. The predicted molar refractivity (Wildman–Crippen MR) is 78.2 cm³/mol. The molecule has 0 atom stereocenters. The second-order valence-corrected chi connectivity index (χ2v) is 5.67. The van der Waals surface area contributed by atoms with E-state index in [1.807, 2.05) is 12.3 Å². The second kappa shape index (κ2) is 5.88. The van der Waals surface area contributed by atoms with Crippen LogP contribution in [-0.4, -0.2) is 42.1 Å². The van der Waals surface area contributed by atoms with Crippen LogP contribution in [0.25, 0.3) is 0 Å². The van der Waals surface area contributed by atoms with Crippen LogP contribution in [0.5, 0.6) is 0 Å². The second-order valence-electron chi connectivity index (χ2n) is 5.67. The highest BCUT2D eigenvalue weighted by molar-refractivity contribution is 5.45. The molecule has 1 saturated heterocycles. The number of hydrogen-bond donors (Lipinski definition) is 1. The smallest absolute Gasteiger partial charge is 0.0553 e. The van der Waals surface area contributed by atoms with Gasteiger partial charge in [0.25, 0.3) is 0 Å². The van der Waals surface area contributed by atoms with Gasteiger partial charge in [-0.3, -0.25) is 9.88 Å². The van der Waals surface area contributed by atoms with Crippen molar-refractivity contribution in [2.75, 3.05) is 31.1 Å². The van der Waals surface area contributed by atoms with Gasteiger partial charge in [-0.15, -0.1) is 0 Å². The first-order valence-corrected chi connectivity index (χ1v) is 7.51. The molecule has 0 radical (unpaired) electrons. The van der Waals surface area contributed by atoms with Gasteiger partial charge in [0.05, 0.1) is 17.6 Å². The van der Waals surface area contributed by atoms with Crippen LogP contribution in [0.2, 0.25) is 0 Å². The van der Waals surface area contributed by atoms with Crippen molar-refractivity contribution in [1.29, 1.82) is 0 Å². The molecule has 0 spiro atoms. The molecule has 4 nitrogen and oxygen atoms in total. The highest BCUT2D eigenvalue weighted by Crippen LogP contribution is 2.25. The lowest BCUT2D eigenvalue weighted by Crippen LogP contribution is -2.49. The first-order chi connectivity index (χ1) is 9.36. The third-order valence-corrected chi connectivity index (χ3v) is 4.54. The van der Waals surface area contributed by atoms with Crippen molar-refractivity contribution in [3.63, 3.8) is 0 Å². The Hall–Kier alpha value is -1.13. The first-order valence-electron chi connectivity index (χ1n) is 7.51. The number of piperazine rings is 1. The summed E-state index contributed by atoms with van der Waals surface area (Å²) >= 11 is 0. The van der Waals surface area contributed by atoms with Crippen molar-refractivity contribution < 1.29 is 0 Å². The predicted octanol–water partition coefficient (Wildman–Crippen LogP) is 1.60. The zero-order valence-electron chi connectivity index (χ0n) is 11.6. The molecule has 0 bridgehead atoms. The highest BCUT2D eigenvalue weighted by Gasteiger charge is 2.26. The van der Waals surface area contributed by atoms with Crippen molar-refractivity contribution >= 4 is 5.69 Å². The molecule has 1 aromatic rings. The van der Waals surface area contributed by atoms with Crippen LogP contribution in [0.15, 0.2) is 18.3 Å². The van der Waals surface area contributed by atoms with Crippen molar-refractivity contribution in [2.24, 2.45) is 5.73 Å². The van der Waals surface area contributed by atoms with Crippen LogP contribution in [0.1, 0.15) is 31.4 Å². The Kier molecular flexibility index (Phi) is 3.99. The number of nitrogens with zero attached hydrogens (tertiary/aromatic N) is 3. The van der Waals surface area contributed by atoms with Gasteiger partial charge < -0.3 is 10.6 Å². The van der Waals surface area contributed by atoms with E-state index in [-0.39, 0.29) is 0 Å². The molecule has 0 amide bonds. The van der Waals surface area contributed by atoms with Gasteiger partial charge in [0, 0.05) is 38.8 Å². The fourth-order valence-electron chi connectivity index (χ4n) is 3.34. The van der Waals surface area contributed by atoms with Gasteiger partial charge in [0.15, 0.2) is 0 Å². The largest absolute Gasteiger partial charge is 0.368 e. The van der Waals surface area contributed by atoms with Crippen LogP contribution in [0.4, 0.5) is 5.69 Å². The fraction of sp³-hybridized carbons (Fsp3) is 0.667. The fourth-order valence-corrected chi connectivity index (χ4v) is 3.34. The lowest BCUT2D eigenvalue weighted by molar-refractivity contribution is 0.187. The number of aromatic nitrogens is 1. The quantitative estimate of drug-likeness (QED) is 0.897. The Morgan fingerprint density at radius 1 is 1.11 bits per heavy atom. The molecule has 2 fully saturated rings. The Morgan fingerprint density at radius 3 is 2.42 bits per heavy atom. The van der Waals surface area contributed by atoms with Gasteiger partial charge >= 0.3 is 0 Å². The van der Waals surface area contributed by atoms with Gasteiger partial charge in [0.1, 0.15) is 0 Å². The lowest BCUT2D eigenvalue weighted by atomic mass is 10.1. The molecule has 1 aliphatic heterocycles. The molecule has 0 unspecified atom stereocenters. The number of rotatable bonds is 3. The van der Waals surface area contributed by atoms with E-state index < -0.39 is 0 Å². The number of pyridine rings is 1. The summed E-state index contributed by atoms with van der Waals surface area (Å²) in [5.41, 5.74) is 7.79. The van der Waals surface area contributed by atoms with Crippen LogP contribution in [-0.2, 0) is 6.54 Å². The average Bonchev–Trinajstić information content (AvgIpc) is 3.02. The summed E-state index contributed by atoms with van der Waals surface area (Å²) in [4.78, 5) is 9.52. The Bertz CT molecular complexity index is 389. The summed E-state index contributed by atoms with van der Waals surface area (Å²) < 4.78 is 0. The van der Waals surface area contributed by atoms with Gasteiger partial charge in [-0.25, -0.2) is 0 Å². The van der Waals surface area contributed by atoms with E-state index >= 15 is 0 Å². The van der Waals surface area contributed by atoms with Crippen molar-refractivity contribution in [2.45, 2.75) is 38.3 Å². The first kappa shape index (κ1) is 12.9. The number of anilines is 1. The summed E-state index contributed by atoms with van der Waals surface area (Å²) in [6.45, 7) is 5.17. The van der Waals surface area contributed by atoms with E-state index in [9.17, 15) is 0 Å². The SMILES string of the molecule is NCc1ccc(N2CCN(C3CCCC3)CC2)cn1. The van der Waals surface area contributed by atoms with Crippen molar-refractivity contribution in [3.05, 3.63) is 24.0 Å². The molecular weight excluding hydrogens is 236 g/mol. The molecule has 4 heteroatoms. The van der Waals surface area contributed by atoms with Crippen LogP contribution < -0.4 is 10.6 Å². The maximum atomic E-state index is 5.58. The zero-order valence-corrected chi connectivity index (χ0v) is 11.6. The molecule has 0 aromatic carbocycles. The van der Waals surface area contributed by atoms with E-state index in [4.69, 9.17) is 5.73 Å². The third-order valence-electron chi connectivity index (χ3n) is 4.54. The van der Waals surface area contributed by atoms with Crippen molar-refractivity contribution in [3.8, 4) is 0 Å². The van der Waals surface area contributed by atoms with Crippen LogP contribution in [0, 0.1) is 0 Å². The Morgan fingerprint density at radius 2 is 1.84 bits per heavy atom. The molecule has 104 valence electrons. The highest BCUT2D eigenvalue weighted by atomic mass is 15.3. The third kappa shape index (κ3) is 2.90. The van der Waals surface area contributed by atoms with Gasteiger partial charge in [-0.1, -0.05) is 12.8 Å². The average molecular weight is 260 g/mol. The minimum absolute atomic E-state index is 0.524. The van der Waals surface area contributed by atoms with E-state index in [1.165, 1.54) is 44.5 Å². The molecular formula is C15H24N4. The Labute approximate surface area is 115 Å². The van der Waals surface area contributed by atoms with Crippen LogP contribution in [0.3, 0.4) is 0 Å². The van der Waals surface area contributed by atoms with Gasteiger partial charge in [0.2, 0.25) is 0 Å². The molecule has 1 saturated carbocycles. The molecule has 2 N–H and O–H groups in total. The van der Waals surface area contributed by atoms with Crippen molar-refractivity contribution in [1.82, 2.24) is 9.88 Å². The lowest BCUT2D eigenvalue weighted by Gasteiger charge is -2.39. The van der Waals surface area contributed by atoms with Gasteiger partial charge in [-0.2, -0.15) is 0 Å². The summed E-state index contributed by atoms with van der Waals surface area (Å²) in [6.07, 6.45) is 7.64. The minimum Gasteiger partial charge on any atom is -0.368 e. The van der Waals surface area contributed by atoms with Gasteiger partial charge in [-0.05, 0) is 25.0 Å². The molecule has 3 rings (SSSR count). The molecule has 1 aromatic heterocycles. The molecule has 19 heavy (non-hydrogen) atoms. The maximum absolute atomic E-state index is 5.58. The number of nitrogens with two attached hydrogens (primary N) is 1. The monoisotopic (exact) mass is 260 g/mol. The van der Waals surface area contributed by atoms with E-state index in [0.29, 0.717) is 6.54 Å². The van der Waals surface area contributed by atoms with E-state index in [1.54, 1.807) is 0 Å². The summed E-state index contributed by atoms with van der Waals surface area (Å²) in [5.74, 6) is 0. The molecule has 2 aliphatic rings. The maximum Gasteiger partial charge on any atom is 0.0553 e. The minimum atomic E-state index is 0.524. The summed E-state index contributed by atoms with van der Waals surface area (Å²) in [5, 5.41) is 0. The summed E-state index contributed by atoms with van der Waals surface area (Å²) in [6, 6.07) is 5.05. The Balaban J connectivity index is 1.56. The molecule has 1 aliphatic carbocycles.